The normalized spacial score (nSPS) is 11.9. The molecule has 0 aliphatic heterocycles. The summed E-state index contributed by atoms with van der Waals surface area (Å²) in [6.07, 6.45) is 3.17. The van der Waals surface area contributed by atoms with Gasteiger partial charge < -0.3 is 4.74 Å². The zero-order valence-electron chi connectivity index (χ0n) is 16.6. The van der Waals surface area contributed by atoms with Crippen molar-refractivity contribution in [1.82, 2.24) is 19.2 Å². The zero-order chi connectivity index (χ0) is 21.4. The van der Waals surface area contributed by atoms with E-state index in [1.807, 2.05) is 24.3 Å². The number of halogens is 1. The number of H-pyrrole nitrogens is 1. The number of nitrogens with one attached hydrogen (secondary N) is 1. The molecule has 9 heteroatoms. The summed E-state index contributed by atoms with van der Waals surface area (Å²) in [5.41, 5.74) is 3.25. The van der Waals surface area contributed by atoms with Crippen molar-refractivity contribution < 1.29 is 14.1 Å². The molecule has 5 aromatic rings. The van der Waals surface area contributed by atoms with Gasteiger partial charge >= 0.3 is 5.56 Å². The molecule has 0 fully saturated rings. The van der Waals surface area contributed by atoms with Gasteiger partial charge in [0.2, 0.25) is 5.65 Å². The minimum Gasteiger partial charge on any atom is -0.381 e. The largest absolute Gasteiger partial charge is 0.381 e. The summed E-state index contributed by atoms with van der Waals surface area (Å²) in [5, 5.41) is 4.92. The molecule has 0 bridgehead atoms. The number of hydrogen-bond donors (Lipinski definition) is 0. The molecule has 0 radical (unpaired) electrons. The van der Waals surface area contributed by atoms with Crippen LogP contribution in [0.25, 0.3) is 33.2 Å². The van der Waals surface area contributed by atoms with Crippen molar-refractivity contribution >= 4 is 39.4 Å². The van der Waals surface area contributed by atoms with E-state index in [1.165, 1.54) is 16.7 Å². The number of aromatic nitrogens is 5. The lowest BCUT2D eigenvalue weighted by Crippen LogP contribution is -2.28. The molecule has 31 heavy (non-hydrogen) atoms. The molecule has 8 nitrogen and oxygen atoms in total. The Labute approximate surface area is 175 Å². The molecule has 154 valence electrons. The van der Waals surface area contributed by atoms with Crippen LogP contribution < -0.4 is 10.5 Å². The van der Waals surface area contributed by atoms with E-state index in [2.05, 4.69) is 10.1 Å². The highest BCUT2D eigenvalue weighted by Gasteiger charge is 2.24. The molecule has 3 aromatic heterocycles. The first-order chi connectivity index (χ1) is 15.2. The first-order valence-corrected chi connectivity index (χ1v) is 9.66. The van der Waals surface area contributed by atoms with Gasteiger partial charge in [-0.3, -0.25) is 0 Å². The molecule has 0 saturated heterocycles. The highest BCUT2D eigenvalue weighted by Crippen LogP contribution is 2.23. The fraction of sp³-hybridized carbons (Fsp3) is 0.136. The second-order valence-corrected chi connectivity index (χ2v) is 6.98. The van der Waals surface area contributed by atoms with E-state index in [0.717, 1.165) is 0 Å². The van der Waals surface area contributed by atoms with Crippen LogP contribution >= 0.6 is 0 Å². The summed E-state index contributed by atoms with van der Waals surface area (Å²) in [6.45, 7) is 0.795. The number of nitrogens with zero attached hydrogens (tertiary/aromatic N) is 5. The Morgan fingerprint density at radius 3 is 2.61 bits per heavy atom. The highest BCUT2D eigenvalue weighted by molar-refractivity contribution is 6.03. The average molecular weight is 417 g/mol. The van der Waals surface area contributed by atoms with Gasteiger partial charge in [-0.2, -0.15) is 0 Å². The van der Waals surface area contributed by atoms with Crippen molar-refractivity contribution in [3.05, 3.63) is 76.6 Å². The van der Waals surface area contributed by atoms with Crippen molar-refractivity contribution in [3.8, 4) is 0 Å². The Kier molecular flexibility index (Phi) is 4.72. The maximum atomic E-state index is 13.2. The fourth-order valence-corrected chi connectivity index (χ4v) is 3.45. The maximum Gasteiger partial charge on any atom is 0.322 e. The molecule has 0 spiro atoms. The first kappa shape index (κ1) is 19.0. The Hall–Kier alpha value is -3.98. The van der Waals surface area contributed by atoms with Gasteiger partial charge in [0.25, 0.3) is 5.65 Å². The van der Waals surface area contributed by atoms with Crippen LogP contribution in [-0.2, 0) is 11.3 Å². The summed E-state index contributed by atoms with van der Waals surface area (Å²) in [6, 6.07) is 13.4. The van der Waals surface area contributed by atoms with Crippen molar-refractivity contribution in [1.29, 1.82) is 0 Å². The van der Waals surface area contributed by atoms with Crippen LogP contribution in [0.2, 0.25) is 0 Å². The van der Waals surface area contributed by atoms with Crippen molar-refractivity contribution in [3.63, 3.8) is 0 Å². The second kappa shape index (κ2) is 7.69. The van der Waals surface area contributed by atoms with Gasteiger partial charge in [-0.05, 0) is 29.8 Å². The van der Waals surface area contributed by atoms with Crippen LogP contribution in [0.4, 0.5) is 4.39 Å². The second-order valence-electron chi connectivity index (χ2n) is 6.98. The highest BCUT2D eigenvalue weighted by atomic mass is 19.1. The van der Waals surface area contributed by atoms with Gasteiger partial charge in [-0.25, -0.2) is 28.7 Å². The van der Waals surface area contributed by atoms with Gasteiger partial charge in [0.15, 0.2) is 11.7 Å². The third kappa shape index (κ3) is 3.34. The molecule has 5 rings (SSSR count). The smallest absolute Gasteiger partial charge is 0.322 e. The molecule has 0 aliphatic rings. The van der Waals surface area contributed by atoms with E-state index in [9.17, 15) is 9.18 Å². The Balaban J connectivity index is 1.79. The molecule has 2 aromatic carbocycles. The monoisotopic (exact) mass is 417 g/mol. The van der Waals surface area contributed by atoms with Crippen LogP contribution in [0.15, 0.2) is 64.8 Å². The third-order valence-electron chi connectivity index (χ3n) is 5.00. The predicted molar refractivity (Wildman–Crippen MR) is 115 cm³/mol. The van der Waals surface area contributed by atoms with E-state index in [4.69, 9.17) is 14.7 Å². The summed E-state index contributed by atoms with van der Waals surface area (Å²) in [5.74, 6) is -0.323. The van der Waals surface area contributed by atoms with Gasteiger partial charge in [0.05, 0.1) is 30.4 Å². The number of aromatic amines is 1. The van der Waals surface area contributed by atoms with Crippen LogP contribution in [0.1, 0.15) is 5.56 Å². The Morgan fingerprint density at radius 1 is 1.13 bits per heavy atom. The van der Waals surface area contributed by atoms with E-state index in [1.54, 1.807) is 36.5 Å². The average Bonchev–Trinajstić information content (AvgIpc) is 3.10. The molecule has 0 unspecified atom stereocenters. The maximum absolute atomic E-state index is 13.2. The van der Waals surface area contributed by atoms with Crippen molar-refractivity contribution in [2.45, 2.75) is 6.54 Å². The number of rotatable bonds is 5. The summed E-state index contributed by atoms with van der Waals surface area (Å²) in [7, 11) is 1.58. The van der Waals surface area contributed by atoms with Gasteiger partial charge in [0, 0.05) is 7.11 Å². The number of hydrogen-bond acceptors (Lipinski definition) is 5. The summed E-state index contributed by atoms with van der Waals surface area (Å²) in [4.78, 5) is 25.8. The standard InChI is InChI=1S/C22H17FN6O2/c1-31-11-10-28-13-24-20-18(22(28)30)19-21(27-17-5-3-2-4-16(17)26-19)29(20)25-12-14-6-8-15(23)9-7-14/h2-9,12-13H,10-11H2,1H3/p+1/b25-12-. The third-order valence-corrected chi connectivity index (χ3v) is 5.00. The van der Waals surface area contributed by atoms with Crippen molar-refractivity contribution in [2.75, 3.05) is 13.7 Å². The van der Waals surface area contributed by atoms with E-state index >= 15 is 0 Å². The molecule has 0 atom stereocenters. The minimum absolute atomic E-state index is 0.212. The van der Waals surface area contributed by atoms with Crippen LogP contribution in [0, 0.1) is 5.82 Å². The van der Waals surface area contributed by atoms with Gasteiger partial charge in [-0.1, -0.05) is 24.3 Å². The number of para-hydroxylation sites is 2. The first-order valence-electron chi connectivity index (χ1n) is 9.66. The molecule has 0 aliphatic carbocycles. The topological polar surface area (TPSA) is 88.4 Å². The fourth-order valence-electron chi connectivity index (χ4n) is 3.45. The number of methoxy groups -OCH3 is 1. The molecule has 3 heterocycles. The summed E-state index contributed by atoms with van der Waals surface area (Å²) < 4.78 is 21.4. The lowest BCUT2D eigenvalue weighted by atomic mass is 10.2. The predicted octanol–water partition coefficient (Wildman–Crippen LogP) is 2.38. The van der Waals surface area contributed by atoms with Gasteiger partial charge in [0.1, 0.15) is 11.3 Å². The number of benzene rings is 2. The van der Waals surface area contributed by atoms with Crippen LogP contribution in [-0.4, -0.2) is 39.1 Å². The molecular formula is C22H18FN6O2+. The van der Waals surface area contributed by atoms with Gasteiger partial charge in [-0.15, -0.1) is 9.78 Å². The SMILES string of the molecule is COCCn1c[nH+]c2c(c1=O)c1nc3ccccc3nc1n2/N=C\c1ccc(F)cc1. The lowest BCUT2D eigenvalue weighted by Gasteiger charge is -1.99. The van der Waals surface area contributed by atoms with Crippen LogP contribution in [0.3, 0.4) is 0 Å². The quantitative estimate of drug-likeness (QED) is 0.411. The zero-order valence-corrected chi connectivity index (χ0v) is 16.6. The molecular weight excluding hydrogens is 399 g/mol. The van der Waals surface area contributed by atoms with E-state index in [-0.39, 0.29) is 11.4 Å². The van der Waals surface area contributed by atoms with Crippen LogP contribution in [0.5, 0.6) is 0 Å². The number of fused-ring (bicyclic) bond motifs is 4. The lowest BCUT2D eigenvalue weighted by molar-refractivity contribution is -0.357. The Morgan fingerprint density at radius 2 is 1.87 bits per heavy atom. The molecule has 1 N–H and O–H groups in total. The van der Waals surface area contributed by atoms with E-state index in [0.29, 0.717) is 51.9 Å². The Bertz CT molecular complexity index is 1500. The molecule has 0 amide bonds. The molecule has 0 saturated carbocycles. The minimum atomic E-state index is -0.323. The van der Waals surface area contributed by atoms with E-state index < -0.39 is 0 Å². The number of ether oxygens (including phenoxy) is 1. The van der Waals surface area contributed by atoms with Crippen molar-refractivity contribution in [2.24, 2.45) is 5.10 Å². The summed E-state index contributed by atoms with van der Waals surface area (Å²) >= 11 is 0.